The zero-order chi connectivity index (χ0) is 20.1. The summed E-state index contributed by atoms with van der Waals surface area (Å²) >= 11 is 0. The molecule has 1 atom stereocenters. The molecule has 8 heteroatoms. The number of nitrogens with two attached hydrogens (primary N) is 1. The van der Waals surface area contributed by atoms with Gasteiger partial charge in [0.2, 0.25) is 0 Å². The Morgan fingerprint density at radius 3 is 2.07 bits per heavy atom. The molecule has 1 unspecified atom stereocenters. The van der Waals surface area contributed by atoms with Crippen LogP contribution in [0.4, 0.5) is 0 Å². The SMILES string of the molecule is Cc1ccc(C(=O)N2CCN(C(=O)c3ccncc3)C2C(=O)NCCN)cc1. The van der Waals surface area contributed by atoms with Crippen molar-refractivity contribution in [2.24, 2.45) is 5.73 Å². The van der Waals surface area contributed by atoms with Crippen LogP contribution >= 0.6 is 0 Å². The van der Waals surface area contributed by atoms with Crippen LogP contribution in [-0.2, 0) is 4.79 Å². The van der Waals surface area contributed by atoms with Crippen molar-refractivity contribution in [1.82, 2.24) is 20.1 Å². The van der Waals surface area contributed by atoms with Crippen molar-refractivity contribution in [1.29, 1.82) is 0 Å². The highest BCUT2D eigenvalue weighted by Crippen LogP contribution is 2.21. The first-order valence-electron chi connectivity index (χ1n) is 9.09. The van der Waals surface area contributed by atoms with Crippen LogP contribution in [0, 0.1) is 6.92 Å². The third-order valence-electron chi connectivity index (χ3n) is 4.60. The van der Waals surface area contributed by atoms with E-state index in [1.807, 2.05) is 19.1 Å². The molecule has 3 rings (SSSR count). The zero-order valence-corrected chi connectivity index (χ0v) is 15.7. The number of hydrogen-bond donors (Lipinski definition) is 2. The van der Waals surface area contributed by atoms with Crippen molar-refractivity contribution in [3.8, 4) is 0 Å². The maximum absolute atomic E-state index is 13.0. The van der Waals surface area contributed by atoms with E-state index in [2.05, 4.69) is 10.3 Å². The number of aryl methyl sites for hydroxylation is 1. The number of nitrogens with one attached hydrogen (secondary N) is 1. The first-order valence-corrected chi connectivity index (χ1v) is 9.09. The normalized spacial score (nSPS) is 16.1. The molecule has 2 heterocycles. The highest BCUT2D eigenvalue weighted by atomic mass is 16.2. The number of carbonyl (C=O) groups is 3. The standard InChI is InChI=1S/C20H23N5O3/c1-14-2-4-15(5-3-14)19(27)24-12-13-25(18(24)17(26)23-11-8-21)20(28)16-6-9-22-10-7-16/h2-7,9-10,18H,8,11-13,21H2,1H3,(H,23,26). The van der Waals surface area contributed by atoms with Gasteiger partial charge in [0.15, 0.2) is 6.17 Å². The van der Waals surface area contributed by atoms with Crippen LogP contribution in [0.25, 0.3) is 0 Å². The monoisotopic (exact) mass is 381 g/mol. The van der Waals surface area contributed by atoms with E-state index in [0.29, 0.717) is 11.1 Å². The molecule has 2 aromatic rings. The Kier molecular flexibility index (Phi) is 6.00. The summed E-state index contributed by atoms with van der Waals surface area (Å²) < 4.78 is 0. The van der Waals surface area contributed by atoms with Crippen LogP contribution in [0.5, 0.6) is 0 Å². The van der Waals surface area contributed by atoms with Crippen molar-refractivity contribution in [3.63, 3.8) is 0 Å². The summed E-state index contributed by atoms with van der Waals surface area (Å²) in [4.78, 5) is 45.5. The molecule has 0 aliphatic carbocycles. The van der Waals surface area contributed by atoms with Crippen molar-refractivity contribution in [2.75, 3.05) is 26.2 Å². The Labute approximate surface area is 163 Å². The van der Waals surface area contributed by atoms with E-state index >= 15 is 0 Å². The summed E-state index contributed by atoms with van der Waals surface area (Å²) in [6.45, 7) is 2.99. The third kappa shape index (κ3) is 4.01. The molecule has 8 nitrogen and oxygen atoms in total. The number of rotatable bonds is 5. The van der Waals surface area contributed by atoms with E-state index in [9.17, 15) is 14.4 Å². The molecule has 3 amide bonds. The lowest BCUT2D eigenvalue weighted by Crippen LogP contribution is -2.54. The molecule has 1 aromatic heterocycles. The Morgan fingerprint density at radius 2 is 1.54 bits per heavy atom. The number of amides is 3. The summed E-state index contributed by atoms with van der Waals surface area (Å²) in [6, 6.07) is 10.3. The van der Waals surface area contributed by atoms with Gasteiger partial charge in [0.25, 0.3) is 17.7 Å². The van der Waals surface area contributed by atoms with E-state index < -0.39 is 12.1 Å². The molecule has 1 fully saturated rings. The van der Waals surface area contributed by atoms with Gasteiger partial charge in [0, 0.05) is 49.7 Å². The molecular formula is C20H23N5O3. The van der Waals surface area contributed by atoms with E-state index in [0.717, 1.165) is 5.56 Å². The average molecular weight is 381 g/mol. The number of pyridine rings is 1. The molecule has 1 aliphatic heterocycles. The number of nitrogens with zero attached hydrogens (tertiary/aromatic N) is 3. The summed E-state index contributed by atoms with van der Waals surface area (Å²) in [6.07, 6.45) is 2.00. The smallest absolute Gasteiger partial charge is 0.263 e. The summed E-state index contributed by atoms with van der Waals surface area (Å²) in [5, 5.41) is 2.69. The molecule has 146 valence electrons. The first-order chi connectivity index (χ1) is 13.5. The van der Waals surface area contributed by atoms with Gasteiger partial charge in [-0.3, -0.25) is 19.4 Å². The number of benzene rings is 1. The summed E-state index contributed by atoms with van der Waals surface area (Å²) in [7, 11) is 0. The minimum atomic E-state index is -1.03. The van der Waals surface area contributed by atoms with Gasteiger partial charge >= 0.3 is 0 Å². The number of hydrogen-bond acceptors (Lipinski definition) is 5. The maximum atomic E-state index is 13.0. The van der Waals surface area contributed by atoms with Gasteiger partial charge in [-0.05, 0) is 31.2 Å². The van der Waals surface area contributed by atoms with Crippen LogP contribution < -0.4 is 11.1 Å². The zero-order valence-electron chi connectivity index (χ0n) is 15.7. The Balaban J connectivity index is 1.89. The van der Waals surface area contributed by atoms with E-state index in [4.69, 9.17) is 5.73 Å². The van der Waals surface area contributed by atoms with Crippen molar-refractivity contribution in [2.45, 2.75) is 13.1 Å². The predicted molar refractivity (Wildman–Crippen MR) is 103 cm³/mol. The highest BCUT2D eigenvalue weighted by molar-refractivity contribution is 6.02. The van der Waals surface area contributed by atoms with Crippen molar-refractivity contribution < 1.29 is 14.4 Å². The third-order valence-corrected chi connectivity index (χ3v) is 4.60. The molecule has 1 aromatic carbocycles. The van der Waals surface area contributed by atoms with Gasteiger partial charge in [0.05, 0.1) is 0 Å². The lowest BCUT2D eigenvalue weighted by atomic mass is 10.1. The molecule has 1 aliphatic rings. The summed E-state index contributed by atoms with van der Waals surface area (Å²) in [5.74, 6) is -1.04. The molecule has 0 saturated carbocycles. The molecule has 1 saturated heterocycles. The highest BCUT2D eigenvalue weighted by Gasteiger charge is 2.42. The van der Waals surface area contributed by atoms with Gasteiger partial charge in [-0.1, -0.05) is 17.7 Å². The van der Waals surface area contributed by atoms with Crippen LogP contribution in [0.15, 0.2) is 48.8 Å². The van der Waals surface area contributed by atoms with Gasteiger partial charge in [0.1, 0.15) is 0 Å². The fourth-order valence-electron chi connectivity index (χ4n) is 3.15. The Morgan fingerprint density at radius 1 is 1.00 bits per heavy atom. The first kappa shape index (κ1) is 19.5. The second-order valence-corrected chi connectivity index (χ2v) is 6.55. The number of aromatic nitrogens is 1. The summed E-state index contributed by atoms with van der Waals surface area (Å²) in [5.41, 5.74) is 7.40. The van der Waals surface area contributed by atoms with Crippen LogP contribution in [0.1, 0.15) is 26.3 Å². The molecule has 3 N–H and O–H groups in total. The number of carbonyl (C=O) groups excluding carboxylic acids is 3. The Bertz CT molecular complexity index is 854. The fourth-order valence-corrected chi connectivity index (χ4v) is 3.15. The molecular weight excluding hydrogens is 358 g/mol. The van der Waals surface area contributed by atoms with E-state index in [-0.39, 0.29) is 38.0 Å². The van der Waals surface area contributed by atoms with Crippen LogP contribution in [0.3, 0.4) is 0 Å². The van der Waals surface area contributed by atoms with Crippen molar-refractivity contribution in [3.05, 3.63) is 65.5 Å². The average Bonchev–Trinajstić information content (AvgIpc) is 3.17. The molecule has 0 radical (unpaired) electrons. The second-order valence-electron chi connectivity index (χ2n) is 6.55. The Hall–Kier alpha value is -3.26. The van der Waals surface area contributed by atoms with E-state index in [1.165, 1.54) is 22.2 Å². The largest absolute Gasteiger partial charge is 0.351 e. The van der Waals surface area contributed by atoms with Gasteiger partial charge < -0.3 is 20.9 Å². The van der Waals surface area contributed by atoms with Crippen LogP contribution in [-0.4, -0.2) is 64.9 Å². The lowest BCUT2D eigenvalue weighted by molar-refractivity contribution is -0.128. The van der Waals surface area contributed by atoms with Crippen molar-refractivity contribution >= 4 is 17.7 Å². The molecule has 0 bridgehead atoms. The second kappa shape index (κ2) is 8.62. The fraction of sp³-hybridized carbons (Fsp3) is 0.300. The quantitative estimate of drug-likeness (QED) is 0.779. The van der Waals surface area contributed by atoms with E-state index in [1.54, 1.807) is 24.3 Å². The maximum Gasteiger partial charge on any atom is 0.263 e. The minimum absolute atomic E-state index is 0.263. The van der Waals surface area contributed by atoms with Gasteiger partial charge in [-0.15, -0.1) is 0 Å². The van der Waals surface area contributed by atoms with Gasteiger partial charge in [-0.25, -0.2) is 0 Å². The molecule has 0 spiro atoms. The van der Waals surface area contributed by atoms with Gasteiger partial charge in [-0.2, -0.15) is 0 Å². The predicted octanol–water partition coefficient (Wildman–Crippen LogP) is 0.389. The van der Waals surface area contributed by atoms with Crippen LogP contribution in [0.2, 0.25) is 0 Å². The minimum Gasteiger partial charge on any atom is -0.351 e. The molecule has 28 heavy (non-hydrogen) atoms. The topological polar surface area (TPSA) is 109 Å². The lowest BCUT2D eigenvalue weighted by Gasteiger charge is -2.29.